The largest absolute Gasteiger partial charge is 0.473 e. The number of hydrogen-bond donors (Lipinski definition) is 1. The van der Waals surface area contributed by atoms with E-state index < -0.39 is 11.9 Å². The number of nitrogens with zero attached hydrogens (tertiary/aromatic N) is 2. The lowest BCUT2D eigenvalue weighted by Gasteiger charge is -2.47. The molecule has 1 aromatic heterocycles. The van der Waals surface area contributed by atoms with Crippen molar-refractivity contribution in [3.8, 4) is 5.88 Å². The molecule has 0 radical (unpaired) electrons. The van der Waals surface area contributed by atoms with E-state index in [0.29, 0.717) is 5.41 Å². The van der Waals surface area contributed by atoms with Gasteiger partial charge in [0.1, 0.15) is 6.10 Å². The summed E-state index contributed by atoms with van der Waals surface area (Å²) in [6.45, 7) is 2.14. The van der Waals surface area contributed by atoms with Gasteiger partial charge in [-0.3, -0.25) is 0 Å². The zero-order valence-electron chi connectivity index (χ0n) is 10.9. The van der Waals surface area contributed by atoms with Crippen LogP contribution in [0.4, 0.5) is 13.2 Å². The number of nitrogens with one attached hydrogen (secondary N) is 1. The Morgan fingerprint density at radius 3 is 2.30 bits per heavy atom. The van der Waals surface area contributed by atoms with Crippen LogP contribution in [-0.4, -0.2) is 29.4 Å². The summed E-state index contributed by atoms with van der Waals surface area (Å²) in [5.41, 5.74) is -0.556. The lowest BCUT2D eigenvalue weighted by atomic mass is 9.69. The normalized spacial score (nSPS) is 22.6. The predicted molar refractivity (Wildman–Crippen MR) is 65.2 cm³/mol. The summed E-state index contributed by atoms with van der Waals surface area (Å²) in [6, 6.07) is 2.15. The molecule has 1 aliphatic carbocycles. The van der Waals surface area contributed by atoms with Crippen molar-refractivity contribution in [2.75, 3.05) is 13.1 Å². The van der Waals surface area contributed by atoms with Crippen LogP contribution < -0.4 is 10.1 Å². The fourth-order valence-corrected chi connectivity index (χ4v) is 2.86. The average Bonchev–Trinajstić information content (AvgIpc) is 2.37. The van der Waals surface area contributed by atoms with Crippen molar-refractivity contribution >= 4 is 0 Å². The topological polar surface area (TPSA) is 47.0 Å². The lowest BCUT2D eigenvalue weighted by Crippen LogP contribution is -2.55. The average molecular weight is 287 g/mol. The summed E-state index contributed by atoms with van der Waals surface area (Å²) in [6.07, 6.45) is -0.390. The molecule has 0 atom stereocenters. The highest BCUT2D eigenvalue weighted by Crippen LogP contribution is 2.40. The second-order valence-electron chi connectivity index (χ2n) is 5.68. The van der Waals surface area contributed by atoms with Crippen LogP contribution in [0.15, 0.2) is 12.1 Å². The first-order valence-electron chi connectivity index (χ1n) is 6.75. The fraction of sp³-hybridized carbons (Fsp3) is 0.692. The highest BCUT2D eigenvalue weighted by molar-refractivity contribution is 5.14. The van der Waals surface area contributed by atoms with Gasteiger partial charge >= 0.3 is 6.18 Å². The van der Waals surface area contributed by atoms with E-state index in [9.17, 15) is 13.2 Å². The number of alkyl halides is 3. The summed E-state index contributed by atoms with van der Waals surface area (Å²) in [7, 11) is 0. The monoisotopic (exact) mass is 287 g/mol. The Hall–Kier alpha value is -1.37. The van der Waals surface area contributed by atoms with E-state index in [-0.39, 0.29) is 12.0 Å². The quantitative estimate of drug-likeness (QED) is 0.907. The number of hydrogen-bond acceptors (Lipinski definition) is 4. The van der Waals surface area contributed by atoms with E-state index in [2.05, 4.69) is 15.5 Å². The first-order valence-corrected chi connectivity index (χ1v) is 6.75. The number of ether oxygens (including phenoxy) is 1. The van der Waals surface area contributed by atoms with Crippen LogP contribution in [0.1, 0.15) is 31.4 Å². The van der Waals surface area contributed by atoms with E-state index in [4.69, 9.17) is 4.74 Å². The van der Waals surface area contributed by atoms with Gasteiger partial charge in [-0.2, -0.15) is 13.2 Å². The molecule has 2 heterocycles. The van der Waals surface area contributed by atoms with Crippen LogP contribution in [0.2, 0.25) is 0 Å². The zero-order chi connectivity index (χ0) is 14.2. The highest BCUT2D eigenvalue weighted by Gasteiger charge is 2.40. The Bertz CT molecular complexity index is 461. The van der Waals surface area contributed by atoms with Crippen LogP contribution in [-0.2, 0) is 6.18 Å². The Morgan fingerprint density at radius 1 is 1.15 bits per heavy atom. The lowest BCUT2D eigenvalue weighted by molar-refractivity contribution is -0.141. The van der Waals surface area contributed by atoms with Gasteiger partial charge in [-0.1, -0.05) is 0 Å². The maximum Gasteiger partial charge on any atom is 0.435 e. The van der Waals surface area contributed by atoms with E-state index in [1.54, 1.807) is 0 Å². The molecular formula is C13H16F3N3O. The molecule has 2 aliphatic rings. The molecule has 0 aromatic carbocycles. The van der Waals surface area contributed by atoms with Crippen molar-refractivity contribution in [1.82, 2.24) is 15.5 Å². The van der Waals surface area contributed by atoms with Gasteiger partial charge in [0.2, 0.25) is 5.88 Å². The molecule has 4 nitrogen and oxygen atoms in total. The molecule has 7 heteroatoms. The molecule has 0 bridgehead atoms. The van der Waals surface area contributed by atoms with Crippen LogP contribution >= 0.6 is 0 Å². The van der Waals surface area contributed by atoms with Gasteiger partial charge in [-0.25, -0.2) is 0 Å². The van der Waals surface area contributed by atoms with Gasteiger partial charge in [0, 0.05) is 19.2 Å². The molecule has 1 N–H and O–H groups in total. The van der Waals surface area contributed by atoms with E-state index in [1.807, 2.05) is 0 Å². The van der Waals surface area contributed by atoms with Gasteiger partial charge in [-0.05, 0) is 37.2 Å². The van der Waals surface area contributed by atoms with Crippen molar-refractivity contribution in [3.05, 3.63) is 17.8 Å². The third-order valence-corrected chi connectivity index (χ3v) is 4.21. The minimum absolute atomic E-state index is 0.0345. The molecule has 3 rings (SSSR count). The SMILES string of the molecule is FC(F)(F)c1ccc(OC2CCC3(CC2)CNC3)nn1. The summed E-state index contributed by atoms with van der Waals surface area (Å²) in [5.74, 6) is 0.172. The second-order valence-corrected chi connectivity index (χ2v) is 5.68. The maximum absolute atomic E-state index is 12.4. The Kier molecular flexibility index (Phi) is 3.32. The van der Waals surface area contributed by atoms with Crippen molar-refractivity contribution in [2.24, 2.45) is 5.41 Å². The van der Waals surface area contributed by atoms with Crippen molar-refractivity contribution < 1.29 is 17.9 Å². The third kappa shape index (κ3) is 2.72. The molecule has 0 unspecified atom stereocenters. The second kappa shape index (κ2) is 4.87. The van der Waals surface area contributed by atoms with E-state index in [0.717, 1.165) is 44.8 Å². The van der Waals surface area contributed by atoms with Crippen molar-refractivity contribution in [1.29, 1.82) is 0 Å². The minimum Gasteiger partial charge on any atom is -0.473 e. The van der Waals surface area contributed by atoms with E-state index >= 15 is 0 Å². The number of halogens is 3. The molecule has 1 aliphatic heterocycles. The number of rotatable bonds is 2. The van der Waals surface area contributed by atoms with E-state index in [1.165, 1.54) is 6.07 Å². The van der Waals surface area contributed by atoms with Crippen LogP contribution in [0.25, 0.3) is 0 Å². The molecule has 20 heavy (non-hydrogen) atoms. The molecule has 1 saturated carbocycles. The van der Waals surface area contributed by atoms with Crippen LogP contribution in [0, 0.1) is 5.41 Å². The van der Waals surface area contributed by atoms with Crippen LogP contribution in [0.5, 0.6) is 5.88 Å². The highest BCUT2D eigenvalue weighted by atomic mass is 19.4. The first kappa shape index (κ1) is 13.6. The summed E-state index contributed by atoms with van der Waals surface area (Å²) in [5, 5.41) is 9.95. The fourth-order valence-electron chi connectivity index (χ4n) is 2.86. The standard InChI is InChI=1S/C13H16F3N3O/c14-13(15,16)10-1-2-11(19-18-10)20-9-3-5-12(6-4-9)7-17-8-12/h1-2,9,17H,3-8H2. The van der Waals surface area contributed by atoms with Gasteiger partial charge in [0.25, 0.3) is 0 Å². The van der Waals surface area contributed by atoms with Crippen molar-refractivity contribution in [3.63, 3.8) is 0 Å². The zero-order valence-corrected chi connectivity index (χ0v) is 10.9. The third-order valence-electron chi connectivity index (χ3n) is 4.21. The molecule has 1 saturated heterocycles. The minimum atomic E-state index is -4.46. The molecule has 110 valence electrons. The Balaban J connectivity index is 1.56. The smallest absolute Gasteiger partial charge is 0.435 e. The summed E-state index contributed by atoms with van der Waals surface area (Å²) >= 11 is 0. The van der Waals surface area contributed by atoms with Crippen LogP contribution in [0.3, 0.4) is 0 Å². The Labute approximate surface area is 114 Å². The first-order chi connectivity index (χ1) is 9.47. The molecular weight excluding hydrogens is 271 g/mol. The molecule has 1 aromatic rings. The van der Waals surface area contributed by atoms with Gasteiger partial charge in [0.15, 0.2) is 5.69 Å². The summed E-state index contributed by atoms with van der Waals surface area (Å²) in [4.78, 5) is 0. The molecule has 0 amide bonds. The predicted octanol–water partition coefficient (Wildman–Crippen LogP) is 2.41. The van der Waals surface area contributed by atoms with Gasteiger partial charge < -0.3 is 10.1 Å². The molecule has 1 spiro atoms. The molecule has 2 fully saturated rings. The maximum atomic E-state index is 12.4. The van der Waals surface area contributed by atoms with Crippen molar-refractivity contribution in [2.45, 2.75) is 38.0 Å². The number of aromatic nitrogens is 2. The van der Waals surface area contributed by atoms with Gasteiger partial charge in [0.05, 0.1) is 0 Å². The van der Waals surface area contributed by atoms with Gasteiger partial charge in [-0.15, -0.1) is 10.2 Å². The Morgan fingerprint density at radius 2 is 1.85 bits per heavy atom. The summed E-state index contributed by atoms with van der Waals surface area (Å²) < 4.78 is 42.7.